The van der Waals surface area contributed by atoms with Gasteiger partial charge >= 0.3 is 0 Å². The van der Waals surface area contributed by atoms with Crippen LogP contribution < -0.4 is 10.1 Å². The number of para-hydroxylation sites is 1. The summed E-state index contributed by atoms with van der Waals surface area (Å²) in [6, 6.07) is 5.86. The maximum absolute atomic E-state index is 6.18. The number of rotatable bonds is 8. The molecule has 102 valence electrons. The van der Waals surface area contributed by atoms with Gasteiger partial charge in [0.2, 0.25) is 0 Å². The molecule has 0 heterocycles. The first-order valence-electron chi connectivity index (χ1n) is 6.50. The third kappa shape index (κ3) is 4.48. The molecule has 0 saturated heterocycles. The molecule has 0 saturated carbocycles. The van der Waals surface area contributed by atoms with E-state index in [-0.39, 0.29) is 0 Å². The lowest BCUT2D eigenvalue weighted by atomic mass is 10.2. The van der Waals surface area contributed by atoms with Crippen molar-refractivity contribution in [3.05, 3.63) is 28.8 Å². The SMILES string of the molecule is CCN(CC)CCOc1c(Cl)cccc1CNC. The second-order valence-electron chi connectivity index (χ2n) is 4.13. The van der Waals surface area contributed by atoms with Crippen molar-refractivity contribution in [3.63, 3.8) is 0 Å². The average Bonchev–Trinajstić information content (AvgIpc) is 2.38. The fourth-order valence-corrected chi connectivity index (χ4v) is 2.11. The van der Waals surface area contributed by atoms with Crippen molar-refractivity contribution in [2.24, 2.45) is 0 Å². The van der Waals surface area contributed by atoms with Crippen LogP contribution in [0.4, 0.5) is 0 Å². The van der Waals surface area contributed by atoms with E-state index in [1.54, 1.807) is 0 Å². The van der Waals surface area contributed by atoms with Crippen molar-refractivity contribution >= 4 is 11.6 Å². The maximum atomic E-state index is 6.18. The molecular formula is C14H23ClN2O. The van der Waals surface area contributed by atoms with Crippen LogP contribution in [0, 0.1) is 0 Å². The first-order valence-corrected chi connectivity index (χ1v) is 6.87. The van der Waals surface area contributed by atoms with Crippen LogP contribution in [0.3, 0.4) is 0 Å². The first kappa shape index (κ1) is 15.3. The van der Waals surface area contributed by atoms with Gasteiger partial charge in [-0.2, -0.15) is 0 Å². The highest BCUT2D eigenvalue weighted by molar-refractivity contribution is 6.32. The van der Waals surface area contributed by atoms with Gasteiger partial charge in [-0.1, -0.05) is 37.6 Å². The quantitative estimate of drug-likeness (QED) is 0.786. The van der Waals surface area contributed by atoms with Crippen LogP contribution in [0.25, 0.3) is 0 Å². The van der Waals surface area contributed by atoms with E-state index in [2.05, 4.69) is 24.1 Å². The third-order valence-corrected chi connectivity index (χ3v) is 3.26. The van der Waals surface area contributed by atoms with Crippen LogP contribution in [-0.2, 0) is 6.54 Å². The smallest absolute Gasteiger partial charge is 0.142 e. The van der Waals surface area contributed by atoms with Crippen LogP contribution in [0.5, 0.6) is 5.75 Å². The van der Waals surface area contributed by atoms with Crippen molar-refractivity contribution in [1.29, 1.82) is 0 Å². The molecule has 1 N–H and O–H groups in total. The van der Waals surface area contributed by atoms with Gasteiger partial charge in [0.15, 0.2) is 0 Å². The first-order chi connectivity index (χ1) is 8.72. The number of ether oxygens (including phenoxy) is 1. The fourth-order valence-electron chi connectivity index (χ4n) is 1.86. The Balaban J connectivity index is 2.60. The van der Waals surface area contributed by atoms with Crippen molar-refractivity contribution < 1.29 is 4.74 Å². The molecule has 0 spiro atoms. The van der Waals surface area contributed by atoms with Gasteiger partial charge in [-0.15, -0.1) is 0 Å². The zero-order valence-corrected chi connectivity index (χ0v) is 12.3. The molecule has 0 aliphatic heterocycles. The third-order valence-electron chi connectivity index (χ3n) is 2.96. The molecule has 0 aromatic heterocycles. The highest BCUT2D eigenvalue weighted by Crippen LogP contribution is 2.28. The maximum Gasteiger partial charge on any atom is 0.142 e. The number of hydrogen-bond donors (Lipinski definition) is 1. The normalized spacial score (nSPS) is 10.9. The second kappa shape index (κ2) is 8.35. The molecule has 1 aromatic rings. The van der Waals surface area contributed by atoms with Gasteiger partial charge in [0.25, 0.3) is 0 Å². The Kier molecular flexibility index (Phi) is 7.09. The summed E-state index contributed by atoms with van der Waals surface area (Å²) in [7, 11) is 1.92. The number of nitrogens with one attached hydrogen (secondary N) is 1. The second-order valence-corrected chi connectivity index (χ2v) is 4.54. The molecule has 3 nitrogen and oxygen atoms in total. The highest BCUT2D eigenvalue weighted by atomic mass is 35.5. The average molecular weight is 271 g/mol. The predicted octanol–water partition coefficient (Wildman–Crippen LogP) is 2.78. The molecule has 0 aliphatic carbocycles. The minimum absolute atomic E-state index is 0.669. The lowest BCUT2D eigenvalue weighted by Gasteiger charge is -2.19. The molecule has 18 heavy (non-hydrogen) atoms. The summed E-state index contributed by atoms with van der Waals surface area (Å²) >= 11 is 6.18. The molecule has 0 bridgehead atoms. The minimum Gasteiger partial charge on any atom is -0.490 e. The van der Waals surface area contributed by atoms with Crippen LogP contribution in [0.15, 0.2) is 18.2 Å². The van der Waals surface area contributed by atoms with E-state index in [4.69, 9.17) is 16.3 Å². The van der Waals surface area contributed by atoms with E-state index >= 15 is 0 Å². The molecular weight excluding hydrogens is 248 g/mol. The Bertz CT molecular complexity index is 354. The minimum atomic E-state index is 0.669. The lowest BCUT2D eigenvalue weighted by Crippen LogP contribution is -2.28. The molecule has 4 heteroatoms. The van der Waals surface area contributed by atoms with E-state index in [9.17, 15) is 0 Å². The van der Waals surface area contributed by atoms with E-state index in [1.165, 1.54) is 0 Å². The van der Waals surface area contributed by atoms with E-state index < -0.39 is 0 Å². The Hall–Kier alpha value is -0.770. The fraction of sp³-hybridized carbons (Fsp3) is 0.571. The Morgan fingerprint density at radius 1 is 1.28 bits per heavy atom. The number of likely N-dealkylation sites (N-methyl/N-ethyl adjacent to an activating group) is 1. The number of nitrogens with zero attached hydrogens (tertiary/aromatic N) is 1. The number of halogens is 1. The van der Waals surface area contributed by atoms with Gasteiger partial charge < -0.3 is 15.0 Å². The van der Waals surface area contributed by atoms with Crippen LogP contribution in [0.2, 0.25) is 5.02 Å². The summed E-state index contributed by atoms with van der Waals surface area (Å²) in [5, 5.41) is 3.81. The van der Waals surface area contributed by atoms with Crippen molar-refractivity contribution in [3.8, 4) is 5.75 Å². The van der Waals surface area contributed by atoms with Gasteiger partial charge in [0.05, 0.1) is 5.02 Å². The van der Waals surface area contributed by atoms with Gasteiger partial charge in [-0.3, -0.25) is 0 Å². The van der Waals surface area contributed by atoms with Gasteiger partial charge in [-0.25, -0.2) is 0 Å². The van der Waals surface area contributed by atoms with Gasteiger partial charge in [0, 0.05) is 18.7 Å². The summed E-state index contributed by atoms with van der Waals surface area (Å²) in [6.45, 7) is 8.77. The number of hydrogen-bond acceptors (Lipinski definition) is 3. The molecule has 0 unspecified atom stereocenters. The van der Waals surface area contributed by atoms with Crippen molar-refractivity contribution in [1.82, 2.24) is 10.2 Å². The molecule has 0 aliphatic rings. The van der Waals surface area contributed by atoms with Gasteiger partial charge in [-0.05, 0) is 26.2 Å². The van der Waals surface area contributed by atoms with Crippen molar-refractivity contribution in [2.45, 2.75) is 20.4 Å². The zero-order chi connectivity index (χ0) is 13.4. The van der Waals surface area contributed by atoms with Crippen LogP contribution in [-0.4, -0.2) is 38.2 Å². The molecule has 0 fully saturated rings. The van der Waals surface area contributed by atoms with E-state index in [1.807, 2.05) is 25.2 Å². The molecule has 1 aromatic carbocycles. The molecule has 1 rings (SSSR count). The standard InChI is InChI=1S/C14H23ClN2O/c1-4-17(5-2)9-10-18-14-12(11-16-3)7-6-8-13(14)15/h6-8,16H,4-5,9-11H2,1-3H3. The monoisotopic (exact) mass is 270 g/mol. The summed E-state index contributed by atoms with van der Waals surface area (Å²) in [5.74, 6) is 0.806. The Morgan fingerprint density at radius 2 is 2.00 bits per heavy atom. The molecule has 0 radical (unpaired) electrons. The Labute approximate surface area is 115 Å². The topological polar surface area (TPSA) is 24.5 Å². The summed E-state index contributed by atoms with van der Waals surface area (Å²) in [4.78, 5) is 2.33. The summed E-state index contributed by atoms with van der Waals surface area (Å²) < 4.78 is 5.84. The summed E-state index contributed by atoms with van der Waals surface area (Å²) in [5.41, 5.74) is 1.10. The molecule has 0 amide bonds. The summed E-state index contributed by atoms with van der Waals surface area (Å²) in [6.07, 6.45) is 0. The lowest BCUT2D eigenvalue weighted by molar-refractivity contribution is 0.221. The molecule has 0 atom stereocenters. The zero-order valence-electron chi connectivity index (χ0n) is 11.5. The van der Waals surface area contributed by atoms with Gasteiger partial charge in [0.1, 0.15) is 12.4 Å². The van der Waals surface area contributed by atoms with Crippen molar-refractivity contribution in [2.75, 3.05) is 33.3 Å². The van der Waals surface area contributed by atoms with E-state index in [0.717, 1.165) is 37.5 Å². The highest BCUT2D eigenvalue weighted by Gasteiger charge is 2.08. The van der Waals surface area contributed by atoms with Crippen LogP contribution >= 0.6 is 11.6 Å². The number of benzene rings is 1. The van der Waals surface area contributed by atoms with E-state index in [0.29, 0.717) is 11.6 Å². The van der Waals surface area contributed by atoms with Crippen LogP contribution in [0.1, 0.15) is 19.4 Å². The predicted molar refractivity (Wildman–Crippen MR) is 77.5 cm³/mol. The Morgan fingerprint density at radius 3 is 2.61 bits per heavy atom. The largest absolute Gasteiger partial charge is 0.490 e.